The Labute approximate surface area is 149 Å². The summed E-state index contributed by atoms with van der Waals surface area (Å²) in [5.41, 5.74) is 11.0. The third-order valence-corrected chi connectivity index (χ3v) is 4.09. The van der Waals surface area contributed by atoms with Crippen molar-refractivity contribution in [3.05, 3.63) is 82.9 Å². The molecule has 0 saturated heterocycles. The van der Waals surface area contributed by atoms with E-state index < -0.39 is 4.92 Å². The molecule has 126 valence electrons. The molecular weight excluding hydrogens is 328 g/mol. The molecule has 2 N–H and O–H groups in total. The first-order valence-corrected chi connectivity index (χ1v) is 7.99. The van der Waals surface area contributed by atoms with Crippen molar-refractivity contribution in [1.82, 2.24) is 9.97 Å². The molecule has 1 aromatic heterocycles. The summed E-state index contributed by atoms with van der Waals surface area (Å²) in [6, 6.07) is 21.4. The molecule has 0 aliphatic carbocycles. The number of rotatable bonds is 3. The van der Waals surface area contributed by atoms with Crippen LogP contribution in [0.3, 0.4) is 0 Å². The minimum atomic E-state index is -0.420. The summed E-state index contributed by atoms with van der Waals surface area (Å²) in [7, 11) is 0. The quantitative estimate of drug-likeness (QED) is 0.337. The molecule has 0 spiro atoms. The van der Waals surface area contributed by atoms with Crippen LogP contribution < -0.4 is 5.73 Å². The van der Waals surface area contributed by atoms with Crippen molar-refractivity contribution in [2.45, 2.75) is 0 Å². The van der Waals surface area contributed by atoms with E-state index in [-0.39, 0.29) is 5.69 Å². The number of nitro benzene ring substituents is 1. The van der Waals surface area contributed by atoms with Gasteiger partial charge in [-0.1, -0.05) is 30.3 Å². The van der Waals surface area contributed by atoms with Gasteiger partial charge in [0.15, 0.2) is 0 Å². The number of hydrogen-bond donors (Lipinski definition) is 1. The zero-order valence-corrected chi connectivity index (χ0v) is 13.7. The van der Waals surface area contributed by atoms with Gasteiger partial charge in [-0.05, 0) is 30.3 Å². The molecule has 0 aliphatic rings. The van der Waals surface area contributed by atoms with Crippen molar-refractivity contribution in [3.63, 3.8) is 0 Å². The SMILES string of the molecule is Nc1ccc2nc(-c3ccc([N+](=O)[O-])cc3)c(-c3ccccc3)nc2c1. The number of nitro groups is 1. The predicted molar refractivity (Wildman–Crippen MR) is 101 cm³/mol. The van der Waals surface area contributed by atoms with E-state index in [1.54, 1.807) is 24.3 Å². The highest BCUT2D eigenvalue weighted by atomic mass is 16.6. The van der Waals surface area contributed by atoms with Crippen molar-refractivity contribution in [3.8, 4) is 22.5 Å². The van der Waals surface area contributed by atoms with Crippen LogP contribution in [0.4, 0.5) is 11.4 Å². The van der Waals surface area contributed by atoms with Crippen LogP contribution in [0.2, 0.25) is 0 Å². The smallest absolute Gasteiger partial charge is 0.269 e. The molecule has 1 heterocycles. The molecule has 0 bridgehead atoms. The lowest BCUT2D eigenvalue weighted by molar-refractivity contribution is -0.384. The third kappa shape index (κ3) is 2.84. The number of nitrogens with two attached hydrogens (primary N) is 1. The van der Waals surface area contributed by atoms with Gasteiger partial charge in [0, 0.05) is 28.9 Å². The molecule has 0 radical (unpaired) electrons. The van der Waals surface area contributed by atoms with Crippen LogP contribution >= 0.6 is 0 Å². The Morgan fingerprint density at radius 3 is 2.04 bits per heavy atom. The van der Waals surface area contributed by atoms with E-state index in [9.17, 15) is 10.1 Å². The highest BCUT2D eigenvalue weighted by Gasteiger charge is 2.14. The number of non-ortho nitro benzene ring substituents is 1. The molecule has 0 atom stereocenters. The highest BCUT2D eigenvalue weighted by Crippen LogP contribution is 2.32. The molecule has 0 aliphatic heterocycles. The van der Waals surface area contributed by atoms with Gasteiger partial charge in [-0.2, -0.15) is 0 Å². The van der Waals surface area contributed by atoms with Crippen molar-refractivity contribution in [2.75, 3.05) is 5.73 Å². The largest absolute Gasteiger partial charge is 0.399 e. The zero-order valence-electron chi connectivity index (χ0n) is 13.7. The van der Waals surface area contributed by atoms with E-state index in [2.05, 4.69) is 0 Å². The Morgan fingerprint density at radius 2 is 1.38 bits per heavy atom. The van der Waals surface area contributed by atoms with Crippen LogP contribution in [0.1, 0.15) is 0 Å². The van der Waals surface area contributed by atoms with Gasteiger partial charge in [0.25, 0.3) is 5.69 Å². The summed E-state index contributed by atoms with van der Waals surface area (Å²) in [5.74, 6) is 0. The van der Waals surface area contributed by atoms with Crippen LogP contribution in [0.15, 0.2) is 72.8 Å². The Balaban J connectivity index is 1.97. The normalized spacial score (nSPS) is 10.8. The van der Waals surface area contributed by atoms with Crippen molar-refractivity contribution in [2.24, 2.45) is 0 Å². The van der Waals surface area contributed by atoms with Gasteiger partial charge in [0.2, 0.25) is 0 Å². The molecule has 4 aromatic rings. The van der Waals surface area contributed by atoms with Crippen LogP contribution in [0.25, 0.3) is 33.5 Å². The van der Waals surface area contributed by atoms with E-state index >= 15 is 0 Å². The predicted octanol–water partition coefficient (Wildman–Crippen LogP) is 4.45. The van der Waals surface area contributed by atoms with Gasteiger partial charge < -0.3 is 5.73 Å². The number of nitrogens with zero attached hydrogens (tertiary/aromatic N) is 3. The molecular formula is C20H14N4O2. The topological polar surface area (TPSA) is 94.9 Å². The summed E-state index contributed by atoms with van der Waals surface area (Å²) >= 11 is 0. The summed E-state index contributed by atoms with van der Waals surface area (Å²) in [6.07, 6.45) is 0. The lowest BCUT2D eigenvalue weighted by atomic mass is 10.0. The Morgan fingerprint density at radius 1 is 0.769 bits per heavy atom. The summed E-state index contributed by atoms with van der Waals surface area (Å²) in [4.78, 5) is 20.0. The minimum absolute atomic E-state index is 0.0385. The average molecular weight is 342 g/mol. The second kappa shape index (κ2) is 6.25. The maximum absolute atomic E-state index is 10.9. The van der Waals surface area contributed by atoms with E-state index in [1.807, 2.05) is 36.4 Å². The van der Waals surface area contributed by atoms with Gasteiger partial charge in [-0.25, -0.2) is 9.97 Å². The van der Waals surface area contributed by atoms with Crippen molar-refractivity contribution in [1.29, 1.82) is 0 Å². The zero-order chi connectivity index (χ0) is 18.1. The number of hydrogen-bond acceptors (Lipinski definition) is 5. The van der Waals surface area contributed by atoms with Crippen molar-refractivity contribution < 1.29 is 4.92 Å². The van der Waals surface area contributed by atoms with Gasteiger partial charge in [0.1, 0.15) is 0 Å². The van der Waals surface area contributed by atoms with E-state index in [0.717, 1.165) is 11.1 Å². The van der Waals surface area contributed by atoms with Gasteiger partial charge in [0.05, 0.1) is 27.3 Å². The number of aromatic nitrogens is 2. The summed E-state index contributed by atoms with van der Waals surface area (Å²) < 4.78 is 0. The van der Waals surface area contributed by atoms with Crippen LogP contribution in [-0.4, -0.2) is 14.9 Å². The fraction of sp³-hybridized carbons (Fsp3) is 0. The first-order chi connectivity index (χ1) is 12.6. The van der Waals surface area contributed by atoms with Crippen LogP contribution in [-0.2, 0) is 0 Å². The lowest BCUT2D eigenvalue weighted by Gasteiger charge is -2.11. The molecule has 0 unspecified atom stereocenters. The lowest BCUT2D eigenvalue weighted by Crippen LogP contribution is -1.97. The molecule has 6 heteroatoms. The molecule has 0 fully saturated rings. The first-order valence-electron chi connectivity index (χ1n) is 7.99. The third-order valence-electron chi connectivity index (χ3n) is 4.09. The monoisotopic (exact) mass is 342 g/mol. The molecule has 4 rings (SSSR count). The first kappa shape index (κ1) is 15.7. The summed E-state index contributed by atoms with van der Waals surface area (Å²) in [6.45, 7) is 0. The van der Waals surface area contributed by atoms with Crippen LogP contribution in [0, 0.1) is 10.1 Å². The number of nitrogen functional groups attached to an aromatic ring is 1. The maximum atomic E-state index is 10.9. The fourth-order valence-corrected chi connectivity index (χ4v) is 2.81. The van der Waals surface area contributed by atoms with Crippen LogP contribution in [0.5, 0.6) is 0 Å². The Kier molecular flexibility index (Phi) is 3.78. The standard InChI is InChI=1S/C20H14N4O2/c21-15-8-11-17-18(12-15)23-19(13-4-2-1-3-5-13)20(22-17)14-6-9-16(10-7-14)24(25)26/h1-12H,21H2. The number of fused-ring (bicyclic) bond motifs is 1. The fourth-order valence-electron chi connectivity index (χ4n) is 2.81. The molecule has 0 saturated carbocycles. The average Bonchev–Trinajstić information content (AvgIpc) is 2.67. The van der Waals surface area contributed by atoms with E-state index in [4.69, 9.17) is 15.7 Å². The van der Waals surface area contributed by atoms with Crippen molar-refractivity contribution >= 4 is 22.4 Å². The number of anilines is 1. The molecule has 0 amide bonds. The van der Waals surface area contributed by atoms with Gasteiger partial charge in [-0.15, -0.1) is 0 Å². The summed E-state index contributed by atoms with van der Waals surface area (Å²) in [5, 5.41) is 10.9. The molecule has 3 aromatic carbocycles. The minimum Gasteiger partial charge on any atom is -0.399 e. The number of benzene rings is 3. The van der Waals surface area contributed by atoms with Gasteiger partial charge in [-0.3, -0.25) is 10.1 Å². The second-order valence-corrected chi connectivity index (χ2v) is 5.84. The Hall–Kier alpha value is -3.80. The van der Waals surface area contributed by atoms with E-state index in [0.29, 0.717) is 28.1 Å². The molecule has 6 nitrogen and oxygen atoms in total. The Bertz CT molecular complexity index is 1110. The second-order valence-electron chi connectivity index (χ2n) is 5.84. The molecule has 26 heavy (non-hydrogen) atoms. The maximum Gasteiger partial charge on any atom is 0.269 e. The van der Waals surface area contributed by atoms with E-state index in [1.165, 1.54) is 12.1 Å². The van der Waals surface area contributed by atoms with Gasteiger partial charge >= 0.3 is 0 Å². The highest BCUT2D eigenvalue weighted by molar-refractivity contribution is 5.87.